The average Bonchev–Trinajstić information content (AvgIpc) is 2.16. The predicted octanol–water partition coefficient (Wildman–Crippen LogP) is 1.70. The first kappa shape index (κ1) is 12.5. The molecule has 1 N–H and O–H groups in total. The van der Waals surface area contributed by atoms with Gasteiger partial charge in [-0.1, -0.05) is 0 Å². The molecule has 6 heteroatoms. The molecule has 0 fully saturated rings. The Hall–Kier alpha value is -1.56. The second-order valence-electron chi connectivity index (χ2n) is 3.16. The highest BCUT2D eigenvalue weighted by Crippen LogP contribution is 2.15. The van der Waals surface area contributed by atoms with E-state index in [1.165, 1.54) is 19.2 Å². The summed E-state index contributed by atoms with van der Waals surface area (Å²) in [6.45, 7) is 1.26. The third-order valence-corrected chi connectivity index (χ3v) is 2.19. The van der Waals surface area contributed by atoms with Crippen molar-refractivity contribution in [2.75, 3.05) is 0 Å². The number of aromatic carboxylic acids is 1. The fourth-order valence-electron chi connectivity index (χ4n) is 1.13. The standard InChI is InChI=1S/C10H8BrNO4/c1-5(13)2-8(14)9-7(10(15)16)3-6(11)4-12-9/h3-4H,2H2,1H3,(H,15,16). The Morgan fingerprint density at radius 3 is 2.56 bits per heavy atom. The van der Waals surface area contributed by atoms with Gasteiger partial charge in [-0.05, 0) is 28.9 Å². The van der Waals surface area contributed by atoms with Gasteiger partial charge in [-0.15, -0.1) is 0 Å². The maximum atomic E-state index is 11.5. The number of carbonyl (C=O) groups is 3. The van der Waals surface area contributed by atoms with Crippen LogP contribution in [0.2, 0.25) is 0 Å². The molecule has 1 rings (SSSR count). The number of halogens is 1. The Labute approximate surface area is 99.6 Å². The quantitative estimate of drug-likeness (QED) is 0.672. The highest BCUT2D eigenvalue weighted by atomic mass is 79.9. The van der Waals surface area contributed by atoms with Crippen molar-refractivity contribution in [2.24, 2.45) is 0 Å². The highest BCUT2D eigenvalue weighted by molar-refractivity contribution is 9.10. The molecule has 0 amide bonds. The van der Waals surface area contributed by atoms with Crippen LogP contribution in [-0.4, -0.2) is 27.6 Å². The fraction of sp³-hybridized carbons (Fsp3) is 0.200. The Morgan fingerprint density at radius 1 is 1.44 bits per heavy atom. The van der Waals surface area contributed by atoms with Gasteiger partial charge in [0.15, 0.2) is 5.78 Å². The first-order valence-corrected chi connectivity index (χ1v) is 5.12. The fourth-order valence-corrected chi connectivity index (χ4v) is 1.47. The van der Waals surface area contributed by atoms with E-state index < -0.39 is 11.8 Å². The smallest absolute Gasteiger partial charge is 0.338 e. The maximum absolute atomic E-state index is 11.5. The van der Waals surface area contributed by atoms with Crippen LogP contribution in [0.1, 0.15) is 34.2 Å². The molecule has 0 radical (unpaired) electrons. The van der Waals surface area contributed by atoms with Crippen molar-refractivity contribution >= 4 is 33.5 Å². The van der Waals surface area contributed by atoms with E-state index in [0.29, 0.717) is 4.47 Å². The van der Waals surface area contributed by atoms with Crippen molar-refractivity contribution in [2.45, 2.75) is 13.3 Å². The van der Waals surface area contributed by atoms with Gasteiger partial charge in [-0.2, -0.15) is 0 Å². The van der Waals surface area contributed by atoms with E-state index in [9.17, 15) is 14.4 Å². The number of aromatic nitrogens is 1. The summed E-state index contributed by atoms with van der Waals surface area (Å²) in [6, 6.07) is 1.28. The molecule has 0 aliphatic heterocycles. The Balaban J connectivity index is 3.17. The Morgan fingerprint density at radius 2 is 2.06 bits per heavy atom. The third kappa shape index (κ3) is 2.96. The normalized spacial score (nSPS) is 9.88. The van der Waals surface area contributed by atoms with Crippen LogP contribution in [0.4, 0.5) is 0 Å². The van der Waals surface area contributed by atoms with E-state index in [1.807, 2.05) is 0 Å². The van der Waals surface area contributed by atoms with E-state index >= 15 is 0 Å². The van der Waals surface area contributed by atoms with Crippen molar-refractivity contribution in [3.63, 3.8) is 0 Å². The van der Waals surface area contributed by atoms with Crippen molar-refractivity contribution in [3.8, 4) is 0 Å². The molecule has 0 bridgehead atoms. The molecule has 0 saturated carbocycles. The summed E-state index contributed by atoms with van der Waals surface area (Å²) in [5, 5.41) is 8.88. The van der Waals surface area contributed by atoms with E-state index in [4.69, 9.17) is 5.11 Å². The summed E-state index contributed by atoms with van der Waals surface area (Å²) < 4.78 is 0.462. The van der Waals surface area contributed by atoms with Gasteiger partial charge in [0.25, 0.3) is 0 Å². The molecule has 1 heterocycles. The monoisotopic (exact) mass is 285 g/mol. The summed E-state index contributed by atoms with van der Waals surface area (Å²) in [5.41, 5.74) is -0.397. The van der Waals surface area contributed by atoms with Gasteiger partial charge in [-0.3, -0.25) is 14.6 Å². The van der Waals surface area contributed by atoms with Crippen LogP contribution in [0.25, 0.3) is 0 Å². The molecular formula is C10H8BrNO4. The number of ketones is 2. The molecular weight excluding hydrogens is 278 g/mol. The van der Waals surface area contributed by atoms with Crippen LogP contribution >= 0.6 is 15.9 Å². The minimum absolute atomic E-state index is 0.189. The van der Waals surface area contributed by atoms with Gasteiger partial charge in [-0.25, -0.2) is 4.79 Å². The number of hydrogen-bond donors (Lipinski definition) is 1. The van der Waals surface area contributed by atoms with Crippen molar-refractivity contribution in [3.05, 3.63) is 28.0 Å². The van der Waals surface area contributed by atoms with Crippen molar-refractivity contribution in [1.82, 2.24) is 4.98 Å². The van der Waals surface area contributed by atoms with Gasteiger partial charge in [0, 0.05) is 10.7 Å². The molecule has 84 valence electrons. The number of carboxylic acids is 1. The topological polar surface area (TPSA) is 84.3 Å². The Kier molecular flexibility index (Phi) is 3.89. The predicted molar refractivity (Wildman–Crippen MR) is 58.5 cm³/mol. The zero-order chi connectivity index (χ0) is 12.3. The number of carbonyl (C=O) groups excluding carboxylic acids is 2. The van der Waals surface area contributed by atoms with Crippen LogP contribution in [0.3, 0.4) is 0 Å². The van der Waals surface area contributed by atoms with Gasteiger partial charge in [0.1, 0.15) is 11.5 Å². The van der Waals surface area contributed by atoms with E-state index in [0.717, 1.165) is 0 Å². The molecule has 1 aromatic heterocycles. The zero-order valence-electron chi connectivity index (χ0n) is 8.36. The van der Waals surface area contributed by atoms with Gasteiger partial charge in [0.2, 0.25) is 0 Å². The van der Waals surface area contributed by atoms with Crippen LogP contribution in [0.5, 0.6) is 0 Å². The SMILES string of the molecule is CC(=O)CC(=O)c1ncc(Br)cc1C(=O)O. The van der Waals surface area contributed by atoms with E-state index in [1.54, 1.807) is 0 Å². The molecule has 0 aliphatic carbocycles. The molecule has 0 saturated heterocycles. The maximum Gasteiger partial charge on any atom is 0.338 e. The largest absolute Gasteiger partial charge is 0.478 e. The lowest BCUT2D eigenvalue weighted by Gasteiger charge is -2.03. The number of Topliss-reactive ketones (excluding diaryl/α,β-unsaturated/α-hetero) is 2. The molecule has 0 unspecified atom stereocenters. The molecule has 16 heavy (non-hydrogen) atoms. The molecule has 0 atom stereocenters. The van der Waals surface area contributed by atoms with Crippen LogP contribution in [-0.2, 0) is 4.79 Å². The van der Waals surface area contributed by atoms with E-state index in [2.05, 4.69) is 20.9 Å². The van der Waals surface area contributed by atoms with Crippen molar-refractivity contribution < 1.29 is 19.5 Å². The van der Waals surface area contributed by atoms with Crippen molar-refractivity contribution in [1.29, 1.82) is 0 Å². The minimum Gasteiger partial charge on any atom is -0.478 e. The second kappa shape index (κ2) is 4.98. The second-order valence-corrected chi connectivity index (χ2v) is 4.07. The summed E-state index contributed by atoms with van der Waals surface area (Å²) in [4.78, 5) is 36.9. The number of rotatable bonds is 4. The lowest BCUT2D eigenvalue weighted by Crippen LogP contribution is -2.13. The number of pyridine rings is 1. The van der Waals surface area contributed by atoms with Gasteiger partial charge < -0.3 is 5.11 Å². The summed E-state index contributed by atoms with van der Waals surface area (Å²) in [5.74, 6) is -2.16. The average molecular weight is 286 g/mol. The molecule has 1 aromatic rings. The Bertz CT molecular complexity index is 470. The van der Waals surface area contributed by atoms with Gasteiger partial charge >= 0.3 is 5.97 Å². The third-order valence-electron chi connectivity index (χ3n) is 1.76. The molecule has 0 spiro atoms. The minimum atomic E-state index is -1.25. The lowest BCUT2D eigenvalue weighted by molar-refractivity contribution is -0.116. The van der Waals surface area contributed by atoms with Crippen LogP contribution < -0.4 is 0 Å². The van der Waals surface area contributed by atoms with Gasteiger partial charge in [0.05, 0.1) is 12.0 Å². The van der Waals surface area contributed by atoms with E-state index in [-0.39, 0.29) is 23.5 Å². The number of carboxylic acid groups (broad SMARTS) is 1. The summed E-state index contributed by atoms with van der Waals surface area (Å²) in [6.07, 6.45) is 0.981. The number of nitrogens with zero attached hydrogens (tertiary/aromatic N) is 1. The highest BCUT2D eigenvalue weighted by Gasteiger charge is 2.19. The first-order valence-electron chi connectivity index (χ1n) is 4.33. The molecule has 5 nitrogen and oxygen atoms in total. The summed E-state index contributed by atoms with van der Waals surface area (Å²) >= 11 is 3.06. The van der Waals surface area contributed by atoms with Crippen LogP contribution in [0, 0.1) is 0 Å². The number of hydrogen-bond acceptors (Lipinski definition) is 4. The van der Waals surface area contributed by atoms with Crippen LogP contribution in [0.15, 0.2) is 16.7 Å². The molecule has 0 aromatic carbocycles. The zero-order valence-corrected chi connectivity index (χ0v) is 9.94. The first-order chi connectivity index (χ1) is 7.41. The lowest BCUT2D eigenvalue weighted by atomic mass is 10.1. The molecule has 0 aliphatic rings. The summed E-state index contributed by atoms with van der Waals surface area (Å²) in [7, 11) is 0.